The second kappa shape index (κ2) is 8.88. The Kier molecular flexibility index (Phi) is 7.11. The third kappa shape index (κ3) is 4.87. The minimum absolute atomic E-state index is 0. The number of hydrogen-bond acceptors (Lipinski definition) is 3. The number of carbonyl (C=O) groups excluding carboxylic acids is 1. The van der Waals surface area contributed by atoms with Gasteiger partial charge in [0.05, 0.1) is 6.54 Å². The summed E-state index contributed by atoms with van der Waals surface area (Å²) in [4.78, 5) is 25.8. The SMILES string of the molecule is Cl.O=C(CN1C(C(=O)O)CC2CCCCC21)NCc1ccc(Cl)cc1. The second-order valence-corrected chi connectivity index (χ2v) is 7.21. The van der Waals surface area contributed by atoms with Crippen LogP contribution in [0.15, 0.2) is 24.3 Å². The van der Waals surface area contributed by atoms with Crippen LogP contribution in [0.4, 0.5) is 0 Å². The maximum atomic E-state index is 12.3. The molecule has 1 aliphatic carbocycles. The lowest BCUT2D eigenvalue weighted by Gasteiger charge is -2.32. The number of likely N-dealkylation sites (tertiary alicyclic amines) is 1. The zero-order valence-corrected chi connectivity index (χ0v) is 15.6. The molecule has 7 heteroatoms. The summed E-state index contributed by atoms with van der Waals surface area (Å²) in [6.07, 6.45) is 5.04. The van der Waals surface area contributed by atoms with Crippen LogP contribution < -0.4 is 5.32 Å². The van der Waals surface area contributed by atoms with Gasteiger partial charge < -0.3 is 10.4 Å². The Morgan fingerprint density at radius 1 is 1.20 bits per heavy atom. The monoisotopic (exact) mass is 386 g/mol. The number of amides is 1. The standard InChI is InChI=1S/C18H23ClN2O3.ClH/c19-14-7-5-12(6-8-14)10-20-17(22)11-21-15-4-2-1-3-13(15)9-16(21)18(23)24;/h5-8,13,15-16H,1-4,9-11H2,(H,20,22)(H,23,24);1H. The van der Waals surface area contributed by atoms with Crippen LogP contribution in [0.3, 0.4) is 0 Å². The Morgan fingerprint density at radius 3 is 2.56 bits per heavy atom. The number of carboxylic acid groups (broad SMARTS) is 1. The zero-order valence-electron chi connectivity index (χ0n) is 14.0. The lowest BCUT2D eigenvalue weighted by molar-refractivity contribution is -0.143. The Morgan fingerprint density at radius 2 is 1.88 bits per heavy atom. The van der Waals surface area contributed by atoms with E-state index in [0.717, 1.165) is 24.8 Å². The number of fused-ring (bicyclic) bond motifs is 1. The molecule has 5 nitrogen and oxygen atoms in total. The molecule has 2 aliphatic rings. The largest absolute Gasteiger partial charge is 0.480 e. The number of hydrogen-bond donors (Lipinski definition) is 2. The summed E-state index contributed by atoms with van der Waals surface area (Å²) in [5, 5.41) is 13.0. The zero-order chi connectivity index (χ0) is 17.1. The quantitative estimate of drug-likeness (QED) is 0.815. The summed E-state index contributed by atoms with van der Waals surface area (Å²) < 4.78 is 0. The molecular weight excluding hydrogens is 363 g/mol. The molecule has 1 saturated heterocycles. The van der Waals surface area contributed by atoms with Gasteiger partial charge in [0.15, 0.2) is 0 Å². The highest BCUT2D eigenvalue weighted by Crippen LogP contribution is 2.39. The predicted molar refractivity (Wildman–Crippen MR) is 99.0 cm³/mol. The van der Waals surface area contributed by atoms with Crippen molar-refractivity contribution in [1.29, 1.82) is 0 Å². The van der Waals surface area contributed by atoms with Crippen LogP contribution in [-0.4, -0.2) is 40.5 Å². The summed E-state index contributed by atoms with van der Waals surface area (Å²) in [7, 11) is 0. The molecule has 3 unspecified atom stereocenters. The smallest absolute Gasteiger partial charge is 0.320 e. The summed E-state index contributed by atoms with van der Waals surface area (Å²) >= 11 is 5.85. The first-order valence-corrected chi connectivity index (χ1v) is 8.92. The average molecular weight is 387 g/mol. The van der Waals surface area contributed by atoms with Crippen LogP contribution in [0.2, 0.25) is 5.02 Å². The maximum Gasteiger partial charge on any atom is 0.320 e. The molecule has 1 amide bonds. The molecule has 2 fully saturated rings. The predicted octanol–water partition coefficient (Wildman–Crippen LogP) is 3.10. The first-order valence-electron chi connectivity index (χ1n) is 8.54. The van der Waals surface area contributed by atoms with Crippen molar-refractivity contribution in [2.75, 3.05) is 6.54 Å². The molecule has 138 valence electrons. The summed E-state index contributed by atoms with van der Waals surface area (Å²) in [5.41, 5.74) is 0.972. The third-order valence-electron chi connectivity index (χ3n) is 5.24. The van der Waals surface area contributed by atoms with Gasteiger partial charge in [-0.2, -0.15) is 0 Å². The van der Waals surface area contributed by atoms with Crippen LogP contribution >= 0.6 is 24.0 Å². The van der Waals surface area contributed by atoms with Crippen molar-refractivity contribution in [1.82, 2.24) is 10.2 Å². The van der Waals surface area contributed by atoms with Gasteiger partial charge in [-0.15, -0.1) is 12.4 Å². The minimum atomic E-state index is -0.810. The van der Waals surface area contributed by atoms with Gasteiger partial charge in [0.1, 0.15) is 6.04 Å². The van der Waals surface area contributed by atoms with Gasteiger partial charge in [-0.3, -0.25) is 14.5 Å². The van der Waals surface area contributed by atoms with Crippen LogP contribution in [0.25, 0.3) is 0 Å². The molecule has 0 spiro atoms. The van der Waals surface area contributed by atoms with Crippen molar-refractivity contribution in [3.8, 4) is 0 Å². The highest BCUT2D eigenvalue weighted by Gasteiger charge is 2.45. The number of benzene rings is 1. The molecule has 1 saturated carbocycles. The van der Waals surface area contributed by atoms with Gasteiger partial charge in [0.2, 0.25) is 5.91 Å². The fraction of sp³-hybridized carbons (Fsp3) is 0.556. The topological polar surface area (TPSA) is 69.6 Å². The molecule has 0 bridgehead atoms. The number of carboxylic acids is 1. The molecule has 1 heterocycles. The van der Waals surface area contributed by atoms with E-state index in [0.29, 0.717) is 23.9 Å². The molecule has 3 atom stereocenters. The van der Waals surface area contributed by atoms with Gasteiger partial charge >= 0.3 is 5.97 Å². The van der Waals surface area contributed by atoms with E-state index in [1.807, 2.05) is 17.0 Å². The molecule has 0 radical (unpaired) electrons. The lowest BCUT2D eigenvalue weighted by Crippen LogP contribution is -2.47. The summed E-state index contributed by atoms with van der Waals surface area (Å²) in [6, 6.07) is 7.03. The number of nitrogens with zero attached hydrogens (tertiary/aromatic N) is 1. The normalized spacial score (nSPS) is 25.7. The van der Waals surface area contributed by atoms with E-state index in [1.54, 1.807) is 12.1 Å². The van der Waals surface area contributed by atoms with Crippen molar-refractivity contribution in [3.63, 3.8) is 0 Å². The van der Waals surface area contributed by atoms with Crippen molar-refractivity contribution in [3.05, 3.63) is 34.9 Å². The number of aliphatic carboxylic acids is 1. The molecule has 1 aliphatic heterocycles. The van der Waals surface area contributed by atoms with E-state index in [4.69, 9.17) is 11.6 Å². The molecule has 2 N–H and O–H groups in total. The Labute approximate surface area is 159 Å². The van der Waals surface area contributed by atoms with Crippen LogP contribution in [-0.2, 0) is 16.1 Å². The molecule has 3 rings (SSSR count). The van der Waals surface area contributed by atoms with Crippen molar-refractivity contribution in [2.45, 2.75) is 50.7 Å². The summed E-state index contributed by atoms with van der Waals surface area (Å²) in [6.45, 7) is 0.585. The van der Waals surface area contributed by atoms with Crippen molar-refractivity contribution in [2.24, 2.45) is 5.92 Å². The van der Waals surface area contributed by atoms with E-state index >= 15 is 0 Å². The molecule has 0 aromatic heterocycles. The van der Waals surface area contributed by atoms with E-state index in [9.17, 15) is 14.7 Å². The van der Waals surface area contributed by atoms with E-state index < -0.39 is 12.0 Å². The van der Waals surface area contributed by atoms with Crippen LogP contribution in [0.1, 0.15) is 37.7 Å². The van der Waals surface area contributed by atoms with Gasteiger partial charge in [0, 0.05) is 17.6 Å². The van der Waals surface area contributed by atoms with Crippen LogP contribution in [0, 0.1) is 5.92 Å². The third-order valence-corrected chi connectivity index (χ3v) is 5.49. The number of nitrogens with one attached hydrogen (secondary N) is 1. The molecular formula is C18H24Cl2N2O3. The molecule has 1 aromatic carbocycles. The first-order chi connectivity index (χ1) is 11.5. The lowest BCUT2D eigenvalue weighted by atomic mass is 9.85. The average Bonchev–Trinajstić information content (AvgIpc) is 2.93. The Bertz CT molecular complexity index is 609. The first kappa shape index (κ1) is 20.0. The highest BCUT2D eigenvalue weighted by molar-refractivity contribution is 6.30. The fourth-order valence-corrected chi connectivity index (χ4v) is 4.17. The van der Waals surface area contributed by atoms with E-state index in [2.05, 4.69) is 5.32 Å². The molecule has 25 heavy (non-hydrogen) atoms. The Hall–Kier alpha value is -1.30. The second-order valence-electron chi connectivity index (χ2n) is 6.78. The fourth-order valence-electron chi connectivity index (χ4n) is 4.05. The highest BCUT2D eigenvalue weighted by atomic mass is 35.5. The number of carbonyl (C=O) groups is 2. The van der Waals surface area contributed by atoms with Gasteiger partial charge in [0.25, 0.3) is 0 Å². The Balaban J connectivity index is 0.00000225. The number of rotatable bonds is 5. The number of halogens is 2. The molecule has 1 aromatic rings. The summed E-state index contributed by atoms with van der Waals surface area (Å²) in [5.74, 6) is -0.513. The van der Waals surface area contributed by atoms with Crippen LogP contribution in [0.5, 0.6) is 0 Å². The van der Waals surface area contributed by atoms with Gasteiger partial charge in [-0.1, -0.05) is 36.6 Å². The minimum Gasteiger partial charge on any atom is -0.480 e. The van der Waals surface area contributed by atoms with Gasteiger partial charge in [-0.05, 0) is 42.9 Å². The van der Waals surface area contributed by atoms with E-state index in [1.165, 1.54) is 6.42 Å². The van der Waals surface area contributed by atoms with Gasteiger partial charge in [-0.25, -0.2) is 0 Å². The van der Waals surface area contributed by atoms with E-state index in [-0.39, 0.29) is 30.9 Å². The van der Waals surface area contributed by atoms with Crippen molar-refractivity contribution < 1.29 is 14.7 Å². The van der Waals surface area contributed by atoms with Crippen molar-refractivity contribution >= 4 is 35.9 Å². The maximum absolute atomic E-state index is 12.3.